The molecule has 2 N–H and O–H groups in total. The van der Waals surface area contributed by atoms with Gasteiger partial charge in [-0.3, -0.25) is 4.79 Å². The van der Waals surface area contributed by atoms with E-state index in [1.54, 1.807) is 13.0 Å². The lowest BCUT2D eigenvalue weighted by Gasteiger charge is -2.24. The van der Waals surface area contributed by atoms with Crippen molar-refractivity contribution in [1.29, 1.82) is 0 Å². The Morgan fingerprint density at radius 2 is 2.17 bits per heavy atom. The van der Waals surface area contributed by atoms with Gasteiger partial charge in [-0.2, -0.15) is 4.72 Å². The molecule has 0 fully saturated rings. The third kappa shape index (κ3) is 3.53. The van der Waals surface area contributed by atoms with E-state index in [-0.39, 0.29) is 10.6 Å². The first kappa shape index (κ1) is 15.6. The molecule has 0 aromatic carbocycles. The van der Waals surface area contributed by atoms with Crippen molar-refractivity contribution in [3.05, 3.63) is 15.9 Å². The molecule has 0 saturated carbocycles. The molecule has 1 atom stereocenters. The van der Waals surface area contributed by atoms with Gasteiger partial charge in [-0.25, -0.2) is 8.42 Å². The molecule has 0 radical (unpaired) electrons. The molecular formula is C10H14BrNO4S2. The van der Waals surface area contributed by atoms with E-state index in [1.165, 1.54) is 13.0 Å². The van der Waals surface area contributed by atoms with E-state index in [9.17, 15) is 13.2 Å². The number of hydrogen-bond donors (Lipinski definition) is 2. The molecule has 1 rings (SSSR count). The van der Waals surface area contributed by atoms with Crippen LogP contribution in [0.3, 0.4) is 0 Å². The lowest BCUT2D eigenvalue weighted by molar-refractivity contribution is -0.143. The van der Waals surface area contributed by atoms with Crippen LogP contribution in [0.4, 0.5) is 0 Å². The Balaban J connectivity index is 3.04. The monoisotopic (exact) mass is 355 g/mol. The quantitative estimate of drug-likeness (QED) is 0.820. The number of carboxylic acid groups (broad SMARTS) is 1. The van der Waals surface area contributed by atoms with E-state index < -0.39 is 21.5 Å². The number of carboxylic acids is 1. The predicted octanol–water partition coefficient (Wildman–Crippen LogP) is 2.43. The Morgan fingerprint density at radius 3 is 2.56 bits per heavy atom. The predicted molar refractivity (Wildman–Crippen MR) is 73.3 cm³/mol. The summed E-state index contributed by atoms with van der Waals surface area (Å²) in [6, 6.07) is 3.04. The van der Waals surface area contributed by atoms with Gasteiger partial charge in [0.2, 0.25) is 0 Å². The molecule has 5 nitrogen and oxygen atoms in total. The number of sulfonamides is 1. The molecule has 1 unspecified atom stereocenters. The Morgan fingerprint density at radius 1 is 1.56 bits per heavy atom. The minimum absolute atomic E-state index is 0.0953. The molecule has 0 saturated heterocycles. The fourth-order valence-corrected chi connectivity index (χ4v) is 4.90. The Hall–Kier alpha value is -0.440. The van der Waals surface area contributed by atoms with E-state index in [1.807, 2.05) is 0 Å². The highest BCUT2D eigenvalue weighted by molar-refractivity contribution is 9.11. The fraction of sp³-hybridized carbons (Fsp3) is 0.500. The van der Waals surface area contributed by atoms with E-state index in [0.29, 0.717) is 10.2 Å². The first-order chi connectivity index (χ1) is 8.21. The van der Waals surface area contributed by atoms with Gasteiger partial charge in [0.05, 0.1) is 3.79 Å². The smallest absolute Gasteiger partial charge is 0.324 e. The molecule has 1 aromatic rings. The number of aliphatic carboxylic acids is 1. The second-order valence-electron chi connectivity index (χ2n) is 4.05. The first-order valence-electron chi connectivity index (χ1n) is 5.24. The van der Waals surface area contributed by atoms with Gasteiger partial charge in [-0.05, 0) is 41.4 Å². The van der Waals surface area contributed by atoms with Crippen LogP contribution in [0, 0.1) is 0 Å². The van der Waals surface area contributed by atoms with E-state index >= 15 is 0 Å². The van der Waals surface area contributed by atoms with Crippen molar-refractivity contribution in [3.8, 4) is 0 Å². The largest absolute Gasteiger partial charge is 0.480 e. The summed E-state index contributed by atoms with van der Waals surface area (Å²) < 4.78 is 27.1. The van der Waals surface area contributed by atoms with Crippen LogP contribution in [0.5, 0.6) is 0 Å². The number of hydrogen-bond acceptors (Lipinski definition) is 4. The molecule has 18 heavy (non-hydrogen) atoms. The van der Waals surface area contributed by atoms with Crippen LogP contribution in [0.1, 0.15) is 26.7 Å². The molecule has 0 bridgehead atoms. The van der Waals surface area contributed by atoms with Gasteiger partial charge in [0.25, 0.3) is 10.0 Å². The normalized spacial score (nSPS) is 15.3. The van der Waals surface area contributed by atoms with Crippen LogP contribution in [0.15, 0.2) is 20.1 Å². The molecule has 1 heterocycles. The molecule has 102 valence electrons. The van der Waals surface area contributed by atoms with Crippen LogP contribution in [0.25, 0.3) is 0 Å². The maximum atomic E-state index is 12.1. The molecule has 1 aromatic heterocycles. The highest BCUT2D eigenvalue weighted by Gasteiger charge is 2.37. The number of thiophene rings is 1. The Labute approximate surface area is 118 Å². The van der Waals surface area contributed by atoms with Crippen LogP contribution < -0.4 is 4.72 Å². The maximum Gasteiger partial charge on any atom is 0.324 e. The Kier molecular flexibility index (Phi) is 4.93. The summed E-state index contributed by atoms with van der Waals surface area (Å²) in [5.74, 6) is -1.18. The van der Waals surface area contributed by atoms with Crippen molar-refractivity contribution in [2.45, 2.75) is 36.4 Å². The highest BCUT2D eigenvalue weighted by Crippen LogP contribution is 2.27. The average molecular weight is 356 g/mol. The maximum absolute atomic E-state index is 12.1. The second kappa shape index (κ2) is 5.68. The van der Waals surface area contributed by atoms with Crippen molar-refractivity contribution < 1.29 is 18.3 Å². The van der Waals surface area contributed by atoms with Gasteiger partial charge in [0.15, 0.2) is 0 Å². The summed E-state index contributed by atoms with van der Waals surface area (Å²) in [6.07, 6.45) is 0.799. The molecule has 0 spiro atoms. The zero-order valence-corrected chi connectivity index (χ0v) is 13.2. The number of nitrogens with one attached hydrogen (secondary N) is 1. The summed E-state index contributed by atoms with van der Waals surface area (Å²) in [7, 11) is -3.81. The van der Waals surface area contributed by atoms with Gasteiger partial charge < -0.3 is 5.11 Å². The minimum atomic E-state index is -3.81. The van der Waals surface area contributed by atoms with Crippen LogP contribution in [0.2, 0.25) is 0 Å². The second-order valence-corrected chi connectivity index (χ2v) is 8.42. The molecule has 0 aliphatic rings. The van der Waals surface area contributed by atoms with Gasteiger partial charge in [-0.1, -0.05) is 13.3 Å². The lowest BCUT2D eigenvalue weighted by atomic mass is 9.98. The van der Waals surface area contributed by atoms with Gasteiger partial charge in [-0.15, -0.1) is 11.3 Å². The molecule has 8 heteroatoms. The van der Waals surface area contributed by atoms with Crippen molar-refractivity contribution in [2.24, 2.45) is 0 Å². The average Bonchev–Trinajstić information content (AvgIpc) is 2.64. The minimum Gasteiger partial charge on any atom is -0.480 e. The van der Waals surface area contributed by atoms with Crippen LogP contribution >= 0.6 is 27.3 Å². The summed E-state index contributed by atoms with van der Waals surface area (Å²) in [4.78, 5) is 11.2. The zero-order valence-electron chi connectivity index (χ0n) is 9.94. The SMILES string of the molecule is CCCC(C)(NS(=O)(=O)c1ccc(Br)s1)C(=O)O. The topological polar surface area (TPSA) is 83.5 Å². The van der Waals surface area contributed by atoms with Crippen molar-refractivity contribution in [2.75, 3.05) is 0 Å². The number of halogens is 1. The third-order valence-electron chi connectivity index (χ3n) is 2.40. The van der Waals surface area contributed by atoms with Gasteiger partial charge in [0.1, 0.15) is 9.75 Å². The van der Waals surface area contributed by atoms with Crippen molar-refractivity contribution >= 4 is 43.3 Å². The summed E-state index contributed by atoms with van der Waals surface area (Å²) >= 11 is 4.21. The molecular weight excluding hydrogens is 342 g/mol. The summed E-state index contributed by atoms with van der Waals surface area (Å²) in [5.41, 5.74) is -1.48. The molecule has 0 aliphatic carbocycles. The van der Waals surface area contributed by atoms with E-state index in [2.05, 4.69) is 20.7 Å². The van der Waals surface area contributed by atoms with Crippen molar-refractivity contribution in [3.63, 3.8) is 0 Å². The number of carbonyl (C=O) groups is 1. The van der Waals surface area contributed by atoms with Gasteiger partial charge in [0, 0.05) is 0 Å². The van der Waals surface area contributed by atoms with Crippen LogP contribution in [-0.4, -0.2) is 25.0 Å². The fourth-order valence-electron chi connectivity index (χ4n) is 1.49. The summed E-state index contributed by atoms with van der Waals surface area (Å²) in [6.45, 7) is 3.18. The van der Waals surface area contributed by atoms with E-state index in [4.69, 9.17) is 5.11 Å². The van der Waals surface area contributed by atoms with E-state index in [0.717, 1.165) is 11.3 Å². The standard InChI is InChI=1S/C10H14BrNO4S2/c1-3-6-10(2,9(13)14)12-18(15,16)8-5-4-7(11)17-8/h4-5,12H,3,6H2,1-2H3,(H,13,14). The van der Waals surface area contributed by atoms with Crippen molar-refractivity contribution in [1.82, 2.24) is 4.72 Å². The first-order valence-corrected chi connectivity index (χ1v) is 8.33. The van der Waals surface area contributed by atoms with Gasteiger partial charge >= 0.3 is 5.97 Å². The molecule has 0 amide bonds. The molecule has 0 aliphatic heterocycles. The van der Waals surface area contributed by atoms with Crippen LogP contribution in [-0.2, 0) is 14.8 Å². The highest BCUT2D eigenvalue weighted by atomic mass is 79.9. The zero-order chi connectivity index (χ0) is 14.0. The summed E-state index contributed by atoms with van der Waals surface area (Å²) in [5, 5.41) is 9.15. The Bertz CT molecular complexity index is 540. The lowest BCUT2D eigenvalue weighted by Crippen LogP contribution is -2.51. The number of rotatable bonds is 6. The third-order valence-corrected chi connectivity index (χ3v) is 6.11.